The molecule has 0 unspecified atom stereocenters. The van der Waals surface area contributed by atoms with E-state index >= 15 is 0 Å². The highest BCUT2D eigenvalue weighted by molar-refractivity contribution is 6.08. The summed E-state index contributed by atoms with van der Waals surface area (Å²) in [5.74, 6) is 0.488. The smallest absolute Gasteiger partial charge is 0.193 e. The van der Waals surface area contributed by atoms with Crippen LogP contribution in [0.5, 0.6) is 0 Å². The van der Waals surface area contributed by atoms with Crippen LogP contribution < -0.4 is 4.90 Å². The van der Waals surface area contributed by atoms with Gasteiger partial charge in [-0.3, -0.25) is 4.79 Å². The van der Waals surface area contributed by atoms with Crippen molar-refractivity contribution in [2.75, 3.05) is 11.4 Å². The Bertz CT molecular complexity index is 1000. The maximum Gasteiger partial charge on any atom is 0.193 e. The molecule has 4 rings (SSSR count). The lowest BCUT2D eigenvalue weighted by molar-refractivity contribution is 0.103. The molecule has 0 aliphatic carbocycles. The van der Waals surface area contributed by atoms with Gasteiger partial charge >= 0.3 is 0 Å². The molecule has 3 heteroatoms. The second-order valence-electron chi connectivity index (χ2n) is 7.31. The van der Waals surface area contributed by atoms with Crippen molar-refractivity contribution in [3.63, 3.8) is 0 Å². The van der Waals surface area contributed by atoms with Crippen LogP contribution in [0.1, 0.15) is 46.3 Å². The predicted molar refractivity (Wildman–Crippen MR) is 112 cm³/mol. The molecular weight excluding hydrogens is 344 g/mol. The normalized spacial score (nSPS) is 18.6. The maximum atomic E-state index is 12.6. The molecule has 1 aliphatic rings. The van der Waals surface area contributed by atoms with Crippen LogP contribution >= 0.6 is 0 Å². The SMILES string of the molecule is C[C@@H]1[C@@H](c2ccc(C(=O)c3ccccc3)cc2)CCN1c1ccc(C#N)cc1. The number of hydrogen-bond donors (Lipinski definition) is 0. The minimum Gasteiger partial charge on any atom is -0.368 e. The summed E-state index contributed by atoms with van der Waals surface area (Å²) >= 11 is 0. The number of hydrogen-bond acceptors (Lipinski definition) is 3. The van der Waals surface area contributed by atoms with E-state index in [2.05, 4.69) is 30.0 Å². The summed E-state index contributed by atoms with van der Waals surface area (Å²) in [5, 5.41) is 8.98. The van der Waals surface area contributed by atoms with Crippen LogP contribution in [0, 0.1) is 11.3 Å². The van der Waals surface area contributed by atoms with Crippen molar-refractivity contribution in [1.29, 1.82) is 5.26 Å². The second-order valence-corrected chi connectivity index (χ2v) is 7.31. The number of nitriles is 1. The molecule has 0 saturated carbocycles. The van der Waals surface area contributed by atoms with E-state index in [9.17, 15) is 4.79 Å². The van der Waals surface area contributed by atoms with E-state index in [0.29, 0.717) is 17.5 Å². The zero-order valence-electron chi connectivity index (χ0n) is 15.9. The third-order valence-electron chi connectivity index (χ3n) is 5.72. The highest BCUT2D eigenvalue weighted by Gasteiger charge is 2.31. The lowest BCUT2D eigenvalue weighted by atomic mass is 9.91. The Labute approximate surface area is 165 Å². The zero-order chi connectivity index (χ0) is 19.5. The zero-order valence-corrected chi connectivity index (χ0v) is 15.9. The van der Waals surface area contributed by atoms with Crippen LogP contribution in [-0.4, -0.2) is 18.4 Å². The fourth-order valence-corrected chi connectivity index (χ4v) is 4.11. The minimum absolute atomic E-state index is 0.0610. The average Bonchev–Trinajstić information content (AvgIpc) is 3.15. The van der Waals surface area contributed by atoms with Crippen LogP contribution in [0.4, 0.5) is 5.69 Å². The van der Waals surface area contributed by atoms with Crippen LogP contribution in [0.25, 0.3) is 0 Å². The van der Waals surface area contributed by atoms with Gasteiger partial charge in [0.1, 0.15) is 0 Å². The molecule has 3 nitrogen and oxygen atoms in total. The standard InChI is InChI=1S/C25H22N2O/c1-18-24(15-16-27(18)23-13-7-19(17-26)8-14-23)20-9-11-22(12-10-20)25(28)21-5-3-2-4-6-21/h2-14,18,24H,15-16H2,1H3/t18-,24+/m1/s1. The van der Waals surface area contributed by atoms with Gasteiger partial charge < -0.3 is 4.90 Å². The number of benzene rings is 3. The second kappa shape index (κ2) is 7.70. The van der Waals surface area contributed by atoms with Crippen molar-refractivity contribution in [2.24, 2.45) is 0 Å². The average molecular weight is 366 g/mol. The quantitative estimate of drug-likeness (QED) is 0.598. The van der Waals surface area contributed by atoms with Crippen molar-refractivity contribution in [1.82, 2.24) is 0 Å². The molecule has 0 N–H and O–H groups in total. The van der Waals surface area contributed by atoms with Gasteiger partial charge in [-0.2, -0.15) is 5.26 Å². The molecule has 28 heavy (non-hydrogen) atoms. The van der Waals surface area contributed by atoms with Crippen LogP contribution in [0.15, 0.2) is 78.9 Å². The van der Waals surface area contributed by atoms with E-state index in [4.69, 9.17) is 5.26 Å². The molecule has 1 aliphatic heterocycles. The number of rotatable bonds is 4. The Kier molecular flexibility index (Phi) is 4.95. The maximum absolute atomic E-state index is 12.6. The fraction of sp³-hybridized carbons (Fsp3) is 0.200. The van der Waals surface area contributed by atoms with Gasteiger partial charge in [-0.1, -0.05) is 54.6 Å². The van der Waals surface area contributed by atoms with Gasteiger partial charge in [0.15, 0.2) is 5.78 Å². The molecule has 0 radical (unpaired) electrons. The van der Waals surface area contributed by atoms with Gasteiger partial charge in [0, 0.05) is 35.3 Å². The highest BCUT2D eigenvalue weighted by Crippen LogP contribution is 2.36. The minimum atomic E-state index is 0.0610. The number of nitrogens with zero attached hydrogens (tertiary/aromatic N) is 2. The summed E-state index contributed by atoms with van der Waals surface area (Å²) in [4.78, 5) is 15.0. The third-order valence-corrected chi connectivity index (χ3v) is 5.72. The Hall–Kier alpha value is -3.38. The first kappa shape index (κ1) is 18.0. The fourth-order valence-electron chi connectivity index (χ4n) is 4.11. The van der Waals surface area contributed by atoms with E-state index in [-0.39, 0.29) is 5.78 Å². The first-order valence-corrected chi connectivity index (χ1v) is 9.64. The molecule has 0 aromatic heterocycles. The predicted octanol–water partition coefficient (Wildman–Crippen LogP) is 5.17. The molecular formula is C25H22N2O. The molecule has 1 heterocycles. The van der Waals surface area contributed by atoms with Crippen LogP contribution in [0.3, 0.4) is 0 Å². The molecule has 0 spiro atoms. The lowest BCUT2D eigenvalue weighted by Crippen LogP contribution is -2.29. The molecule has 1 saturated heterocycles. The van der Waals surface area contributed by atoms with Gasteiger partial charge in [-0.05, 0) is 43.2 Å². The Morgan fingerprint density at radius 3 is 2.21 bits per heavy atom. The van der Waals surface area contributed by atoms with E-state index < -0.39 is 0 Å². The Balaban J connectivity index is 1.50. The third kappa shape index (κ3) is 3.42. The first-order valence-electron chi connectivity index (χ1n) is 9.64. The molecule has 3 aromatic rings. The Morgan fingerprint density at radius 1 is 0.929 bits per heavy atom. The molecule has 1 fully saturated rings. The molecule has 0 bridgehead atoms. The van der Waals surface area contributed by atoms with Gasteiger partial charge in [0.05, 0.1) is 11.6 Å². The molecule has 2 atom stereocenters. The van der Waals surface area contributed by atoms with E-state index in [1.54, 1.807) is 0 Å². The number of carbonyl (C=O) groups is 1. The number of anilines is 1. The van der Waals surface area contributed by atoms with Crippen LogP contribution in [0.2, 0.25) is 0 Å². The van der Waals surface area contributed by atoms with E-state index in [1.807, 2.05) is 66.7 Å². The highest BCUT2D eigenvalue weighted by atomic mass is 16.1. The molecule has 3 aromatic carbocycles. The summed E-state index contributed by atoms with van der Waals surface area (Å²) in [6.45, 7) is 3.24. The van der Waals surface area contributed by atoms with Gasteiger partial charge in [0.2, 0.25) is 0 Å². The summed E-state index contributed by atoms with van der Waals surface area (Å²) in [6.07, 6.45) is 1.08. The summed E-state index contributed by atoms with van der Waals surface area (Å²) < 4.78 is 0. The molecule has 0 amide bonds. The van der Waals surface area contributed by atoms with Gasteiger partial charge in [-0.25, -0.2) is 0 Å². The lowest BCUT2D eigenvalue weighted by Gasteiger charge is -2.27. The van der Waals surface area contributed by atoms with Crippen molar-refractivity contribution >= 4 is 11.5 Å². The summed E-state index contributed by atoms with van der Waals surface area (Å²) in [5.41, 5.74) is 4.56. The van der Waals surface area contributed by atoms with Crippen molar-refractivity contribution in [3.8, 4) is 6.07 Å². The monoisotopic (exact) mass is 366 g/mol. The topological polar surface area (TPSA) is 44.1 Å². The van der Waals surface area contributed by atoms with Crippen molar-refractivity contribution in [3.05, 3.63) is 101 Å². The number of carbonyl (C=O) groups excluding carboxylic acids is 1. The van der Waals surface area contributed by atoms with E-state index in [0.717, 1.165) is 29.8 Å². The van der Waals surface area contributed by atoms with Crippen molar-refractivity contribution < 1.29 is 4.79 Å². The number of ketones is 1. The van der Waals surface area contributed by atoms with Gasteiger partial charge in [-0.15, -0.1) is 0 Å². The largest absolute Gasteiger partial charge is 0.368 e. The summed E-state index contributed by atoms with van der Waals surface area (Å²) in [7, 11) is 0. The molecule has 138 valence electrons. The summed E-state index contributed by atoms with van der Waals surface area (Å²) in [6, 6.07) is 27.8. The first-order chi connectivity index (χ1) is 13.7. The van der Waals surface area contributed by atoms with Crippen molar-refractivity contribution in [2.45, 2.75) is 25.3 Å². The van der Waals surface area contributed by atoms with Crippen LogP contribution in [-0.2, 0) is 0 Å². The van der Waals surface area contributed by atoms with Gasteiger partial charge in [0.25, 0.3) is 0 Å². The van der Waals surface area contributed by atoms with E-state index in [1.165, 1.54) is 5.56 Å². The Morgan fingerprint density at radius 2 is 1.57 bits per heavy atom.